The molecule has 2 heterocycles. The zero-order valence-corrected chi connectivity index (χ0v) is 29.9. The number of nitrogens with one attached hydrogen (secondary N) is 3. The second kappa shape index (κ2) is 17.2. The fraction of sp³-hybridized carbons (Fsp3) is 0.486. The van der Waals surface area contributed by atoms with Gasteiger partial charge in [0.1, 0.15) is 17.7 Å². The highest BCUT2D eigenvalue weighted by molar-refractivity contribution is 7.91. The molecule has 3 aliphatic rings. The number of unbranched alkanes of at least 4 members (excludes halogenated alkanes) is 3. The summed E-state index contributed by atoms with van der Waals surface area (Å²) in [5.41, 5.74) is 6.32. The minimum absolute atomic E-state index is 0.0150. The molecular formula is C35H45F2N5O6S2. The fourth-order valence-corrected chi connectivity index (χ4v) is 7.52. The summed E-state index contributed by atoms with van der Waals surface area (Å²) in [4.78, 5) is 50.0. The van der Waals surface area contributed by atoms with Gasteiger partial charge in [-0.25, -0.2) is 17.2 Å². The largest absolute Gasteiger partial charge is 0.376 e. The van der Waals surface area contributed by atoms with Gasteiger partial charge in [0.25, 0.3) is 0 Å². The minimum Gasteiger partial charge on any atom is -0.376 e. The number of rotatable bonds is 12. The van der Waals surface area contributed by atoms with Crippen LogP contribution in [0.25, 0.3) is 10.2 Å². The second-order valence-electron chi connectivity index (χ2n) is 13.0. The van der Waals surface area contributed by atoms with Gasteiger partial charge in [-0.2, -0.15) is 0 Å². The Morgan fingerprint density at radius 3 is 2.46 bits per heavy atom. The number of allylic oxidation sites excluding steroid dienone is 2. The van der Waals surface area contributed by atoms with Crippen molar-refractivity contribution in [2.45, 2.75) is 82.4 Å². The maximum atomic E-state index is 13.0. The molecule has 3 aromatic rings. The molecule has 1 aromatic heterocycles. The molecular weight excluding hydrogens is 689 g/mol. The van der Waals surface area contributed by atoms with E-state index in [1.54, 1.807) is 6.92 Å². The van der Waals surface area contributed by atoms with E-state index in [9.17, 15) is 36.4 Å². The highest BCUT2D eigenvalue weighted by Crippen LogP contribution is 2.44. The lowest BCUT2D eigenvalue weighted by Gasteiger charge is -2.22. The highest BCUT2D eigenvalue weighted by atomic mass is 32.2. The first-order chi connectivity index (χ1) is 23.7. The van der Waals surface area contributed by atoms with Crippen molar-refractivity contribution in [2.75, 3.05) is 18.4 Å². The monoisotopic (exact) mass is 733 g/mol. The topological polar surface area (TPSA) is 172 Å². The lowest BCUT2D eigenvalue weighted by Crippen LogP contribution is -2.45. The molecule has 2 aliphatic carbocycles. The van der Waals surface area contributed by atoms with Gasteiger partial charge in [0, 0.05) is 24.2 Å². The summed E-state index contributed by atoms with van der Waals surface area (Å²) in [6.45, 7) is 4.19. The number of aromatic nitrogens is 1. The maximum absolute atomic E-state index is 13.0. The molecule has 0 spiro atoms. The van der Waals surface area contributed by atoms with E-state index in [1.165, 1.54) is 35.5 Å². The highest BCUT2D eigenvalue weighted by Gasteiger charge is 2.52. The number of fused-ring (bicyclic) bond motifs is 1. The molecule has 0 bridgehead atoms. The van der Waals surface area contributed by atoms with Crippen molar-refractivity contribution in [1.29, 1.82) is 0 Å². The minimum atomic E-state index is -3.47. The number of primary amides is 1. The van der Waals surface area contributed by atoms with Gasteiger partial charge in [0.2, 0.25) is 27.7 Å². The third-order valence-corrected chi connectivity index (χ3v) is 11.9. The summed E-state index contributed by atoms with van der Waals surface area (Å²) in [7, 11) is -3.47. The standard InChI is InChI=1S/C15H25NO3S.C13H15F2N3O2.C7H5NOS/c1-3-4-5-6-7-8-12-11-13(12)14(17)16-20(18,19)15(2)9-10-15;14-8-4-9(15)6-10(5-8)17-7-12(19)18-3-1-2-11(18)13(16)20;9-7-8-5-3-1-2-4-6(5)10-7/h7-8,12-13H,3-6,9-11H2,1-2H3,(H,16,17);4-6,11,17H,1-3,7H2,(H2,16,20);1-4H,(H,8,9)/b8-7-;;. The third kappa shape index (κ3) is 10.9. The van der Waals surface area contributed by atoms with Gasteiger partial charge in [0.05, 0.1) is 21.5 Å². The number of sulfonamides is 1. The number of carbonyl (C=O) groups is 3. The van der Waals surface area contributed by atoms with Crippen LogP contribution in [0.3, 0.4) is 0 Å². The van der Waals surface area contributed by atoms with Crippen molar-refractivity contribution in [3.05, 3.63) is 75.9 Å². The molecule has 3 amide bonds. The average Bonchev–Trinajstić information content (AvgIpc) is 3.90. The quantitative estimate of drug-likeness (QED) is 0.146. The van der Waals surface area contributed by atoms with Crippen LogP contribution in [0.1, 0.15) is 71.6 Å². The number of amides is 3. The Hall–Kier alpha value is -4.11. The van der Waals surface area contributed by atoms with Crippen LogP contribution in [-0.4, -0.2) is 59.9 Å². The first-order valence-electron chi connectivity index (χ1n) is 16.8. The van der Waals surface area contributed by atoms with E-state index in [-0.39, 0.29) is 40.8 Å². The van der Waals surface area contributed by atoms with E-state index >= 15 is 0 Å². The molecule has 6 rings (SSSR count). The van der Waals surface area contributed by atoms with Crippen LogP contribution in [0.15, 0.2) is 59.4 Å². The van der Waals surface area contributed by atoms with Gasteiger partial charge in [-0.3, -0.25) is 23.9 Å². The summed E-state index contributed by atoms with van der Waals surface area (Å²) in [6.07, 6.45) is 12.2. The Morgan fingerprint density at radius 2 is 1.82 bits per heavy atom. The Morgan fingerprint density at radius 1 is 1.12 bits per heavy atom. The molecule has 11 nitrogen and oxygen atoms in total. The van der Waals surface area contributed by atoms with Crippen LogP contribution in [0, 0.1) is 23.5 Å². The number of hydrogen-bond acceptors (Lipinski definition) is 8. The van der Waals surface area contributed by atoms with Crippen molar-refractivity contribution in [2.24, 2.45) is 17.6 Å². The molecule has 15 heteroatoms. The Balaban J connectivity index is 0.000000178. The number of likely N-dealkylation sites (tertiary alicyclic amines) is 1. The number of aromatic amines is 1. The number of carbonyl (C=O) groups excluding carboxylic acids is 3. The summed E-state index contributed by atoms with van der Waals surface area (Å²) >= 11 is 1.24. The Bertz CT molecular complexity index is 1800. The van der Waals surface area contributed by atoms with E-state index < -0.39 is 38.4 Å². The zero-order valence-electron chi connectivity index (χ0n) is 28.3. The number of nitrogens with zero attached hydrogens (tertiary/aromatic N) is 1. The predicted octanol–water partition coefficient (Wildman–Crippen LogP) is 5.20. The van der Waals surface area contributed by atoms with Crippen LogP contribution in [0.2, 0.25) is 0 Å². The van der Waals surface area contributed by atoms with Crippen molar-refractivity contribution in [3.8, 4) is 0 Å². The van der Waals surface area contributed by atoms with Gasteiger partial charge >= 0.3 is 4.87 Å². The molecule has 272 valence electrons. The molecule has 3 unspecified atom stereocenters. The predicted molar refractivity (Wildman–Crippen MR) is 191 cm³/mol. The van der Waals surface area contributed by atoms with Gasteiger partial charge in [-0.15, -0.1) is 0 Å². The van der Waals surface area contributed by atoms with Crippen molar-refractivity contribution < 1.29 is 31.6 Å². The summed E-state index contributed by atoms with van der Waals surface area (Å²) in [5, 5.41) is 2.64. The van der Waals surface area contributed by atoms with E-state index in [4.69, 9.17) is 5.73 Å². The number of para-hydroxylation sites is 1. The van der Waals surface area contributed by atoms with Crippen LogP contribution < -0.4 is 20.6 Å². The Labute approximate surface area is 294 Å². The zero-order chi connectivity index (χ0) is 36.5. The number of halogens is 2. The lowest BCUT2D eigenvalue weighted by atomic mass is 10.2. The van der Waals surface area contributed by atoms with E-state index in [2.05, 4.69) is 34.1 Å². The van der Waals surface area contributed by atoms with Gasteiger partial charge in [-0.1, -0.05) is 55.4 Å². The first-order valence-corrected chi connectivity index (χ1v) is 19.1. The number of anilines is 1. The summed E-state index contributed by atoms with van der Waals surface area (Å²) in [5.74, 6) is -2.54. The first kappa shape index (κ1) is 38.7. The van der Waals surface area contributed by atoms with Crippen LogP contribution in [0.4, 0.5) is 14.5 Å². The molecule has 2 saturated carbocycles. The van der Waals surface area contributed by atoms with E-state index in [1.807, 2.05) is 24.3 Å². The van der Waals surface area contributed by atoms with E-state index in [0.29, 0.717) is 32.2 Å². The molecule has 50 heavy (non-hydrogen) atoms. The summed E-state index contributed by atoms with van der Waals surface area (Å²) < 4.78 is 52.4. The molecule has 1 saturated heterocycles. The normalized spacial score (nSPS) is 20.3. The van der Waals surface area contributed by atoms with Crippen LogP contribution in [-0.2, 0) is 24.4 Å². The number of benzene rings is 2. The van der Waals surface area contributed by atoms with E-state index in [0.717, 1.165) is 41.3 Å². The maximum Gasteiger partial charge on any atom is 0.305 e. The van der Waals surface area contributed by atoms with Gasteiger partial charge in [-0.05, 0) is 82.1 Å². The van der Waals surface area contributed by atoms with Crippen molar-refractivity contribution in [1.82, 2.24) is 14.6 Å². The van der Waals surface area contributed by atoms with Crippen LogP contribution in [0.5, 0.6) is 0 Å². The van der Waals surface area contributed by atoms with Crippen molar-refractivity contribution >= 4 is 55.0 Å². The molecule has 2 aromatic carbocycles. The molecule has 5 N–H and O–H groups in total. The number of H-pyrrole nitrogens is 1. The second-order valence-corrected chi connectivity index (χ2v) is 16.2. The van der Waals surface area contributed by atoms with Crippen molar-refractivity contribution in [3.63, 3.8) is 0 Å². The smallest absolute Gasteiger partial charge is 0.305 e. The Kier molecular flexibility index (Phi) is 13.3. The molecule has 3 fully saturated rings. The number of thiazole rings is 1. The van der Waals surface area contributed by atoms with Crippen LogP contribution >= 0.6 is 11.3 Å². The molecule has 3 atom stereocenters. The molecule has 1 aliphatic heterocycles. The SMILES string of the molecule is CCCCC/C=C\C1CC1C(=O)NS(=O)(=O)C1(C)CC1.NC(=O)C1CCCN1C(=O)CNc1cc(F)cc(F)c1.O=c1[nH]c2ccccc2s1. The average molecular weight is 734 g/mol. The van der Waals surface area contributed by atoms with Gasteiger partial charge in [0.15, 0.2) is 0 Å². The third-order valence-electron chi connectivity index (χ3n) is 8.91. The van der Waals surface area contributed by atoms with Gasteiger partial charge < -0.3 is 20.9 Å². The lowest BCUT2D eigenvalue weighted by molar-refractivity contribution is -0.135. The number of hydrogen-bond donors (Lipinski definition) is 4. The molecule has 0 radical (unpaired) electrons. The summed E-state index contributed by atoms with van der Waals surface area (Å²) in [6, 6.07) is 9.99. The number of nitrogens with two attached hydrogens (primary N) is 1. The fourth-order valence-electron chi connectivity index (χ4n) is 5.48.